The summed E-state index contributed by atoms with van der Waals surface area (Å²) in [5.41, 5.74) is 3.01. The van der Waals surface area contributed by atoms with Gasteiger partial charge in [0.1, 0.15) is 22.4 Å². The maximum Gasteiger partial charge on any atom is 0.161 e. The van der Waals surface area contributed by atoms with Crippen molar-refractivity contribution in [1.29, 1.82) is 5.26 Å². The highest BCUT2D eigenvalue weighted by molar-refractivity contribution is 7.11. The minimum atomic E-state index is 0.461. The molecule has 0 aliphatic heterocycles. The Hall–Kier alpha value is -3.50. The summed E-state index contributed by atoms with van der Waals surface area (Å²) < 4.78 is 16.7. The molecule has 0 unspecified atom stereocenters. The van der Waals surface area contributed by atoms with Crippen molar-refractivity contribution in [2.24, 2.45) is 0 Å². The van der Waals surface area contributed by atoms with Crippen LogP contribution in [0.3, 0.4) is 0 Å². The summed E-state index contributed by atoms with van der Waals surface area (Å²) in [4.78, 5) is 4.64. The van der Waals surface area contributed by atoms with Crippen molar-refractivity contribution < 1.29 is 14.2 Å². The van der Waals surface area contributed by atoms with Gasteiger partial charge in [0.2, 0.25) is 0 Å². The van der Waals surface area contributed by atoms with Gasteiger partial charge < -0.3 is 19.5 Å². The van der Waals surface area contributed by atoms with E-state index in [0.29, 0.717) is 35.3 Å². The van der Waals surface area contributed by atoms with E-state index in [2.05, 4.69) is 23.3 Å². The third kappa shape index (κ3) is 6.02. The number of ether oxygens (including phenoxy) is 3. The standard InChI is InChI=1S/C25H27N3O3S/c1-4-6-13-31-21-10-8-20(9-11-21)27-16-19(15-26)25-28-22(17-32-25)18-7-12-23(30-5-2)24(14-18)29-3/h7-12,14,16-17,27H,4-6,13H2,1-3H3. The second kappa shape index (κ2) is 11.8. The van der Waals surface area contributed by atoms with E-state index >= 15 is 0 Å². The Labute approximate surface area is 193 Å². The Morgan fingerprint density at radius 3 is 2.62 bits per heavy atom. The lowest BCUT2D eigenvalue weighted by molar-refractivity contribution is 0.309. The van der Waals surface area contributed by atoms with Crippen molar-refractivity contribution in [1.82, 2.24) is 4.98 Å². The van der Waals surface area contributed by atoms with Crippen molar-refractivity contribution in [3.05, 3.63) is 59.1 Å². The number of hydrogen-bond acceptors (Lipinski definition) is 7. The first-order valence-corrected chi connectivity index (χ1v) is 11.4. The van der Waals surface area contributed by atoms with Crippen LogP contribution in [0.25, 0.3) is 16.8 Å². The van der Waals surface area contributed by atoms with E-state index in [-0.39, 0.29) is 0 Å². The first-order valence-electron chi connectivity index (χ1n) is 10.5. The van der Waals surface area contributed by atoms with Gasteiger partial charge in [0.15, 0.2) is 11.5 Å². The van der Waals surface area contributed by atoms with Crippen LogP contribution in [-0.4, -0.2) is 25.3 Å². The van der Waals surface area contributed by atoms with Gasteiger partial charge in [-0.15, -0.1) is 11.3 Å². The lowest BCUT2D eigenvalue weighted by Crippen LogP contribution is -1.96. The molecule has 0 radical (unpaired) electrons. The summed E-state index contributed by atoms with van der Waals surface area (Å²) in [6, 6.07) is 15.6. The summed E-state index contributed by atoms with van der Waals surface area (Å²) in [6.45, 7) is 5.35. The van der Waals surface area contributed by atoms with Gasteiger partial charge in [0.25, 0.3) is 0 Å². The molecule has 1 N–H and O–H groups in total. The number of thiazole rings is 1. The molecule has 6 nitrogen and oxygen atoms in total. The molecule has 1 heterocycles. The highest BCUT2D eigenvalue weighted by Gasteiger charge is 2.12. The minimum absolute atomic E-state index is 0.461. The van der Waals surface area contributed by atoms with Crippen molar-refractivity contribution in [2.45, 2.75) is 26.7 Å². The zero-order valence-corrected chi connectivity index (χ0v) is 19.4. The van der Waals surface area contributed by atoms with Gasteiger partial charge in [-0.25, -0.2) is 4.98 Å². The molecule has 2 aromatic carbocycles. The summed E-state index contributed by atoms with van der Waals surface area (Å²) in [5.74, 6) is 2.18. The van der Waals surface area contributed by atoms with Gasteiger partial charge in [0.05, 0.1) is 26.0 Å². The van der Waals surface area contributed by atoms with E-state index in [4.69, 9.17) is 14.2 Å². The molecule has 7 heteroatoms. The molecule has 32 heavy (non-hydrogen) atoms. The minimum Gasteiger partial charge on any atom is -0.494 e. The predicted octanol–water partition coefficient (Wildman–Crippen LogP) is 6.37. The lowest BCUT2D eigenvalue weighted by Gasteiger charge is -2.10. The number of methoxy groups -OCH3 is 1. The zero-order chi connectivity index (χ0) is 22.8. The van der Waals surface area contributed by atoms with Gasteiger partial charge in [-0.3, -0.25) is 0 Å². The third-order valence-electron chi connectivity index (χ3n) is 4.62. The van der Waals surface area contributed by atoms with Crippen molar-refractivity contribution >= 4 is 22.6 Å². The quantitative estimate of drug-likeness (QED) is 0.271. The van der Waals surface area contributed by atoms with Crippen LogP contribution in [0.4, 0.5) is 5.69 Å². The molecule has 1 aromatic heterocycles. The van der Waals surface area contributed by atoms with Crippen molar-refractivity contribution in [2.75, 3.05) is 25.6 Å². The van der Waals surface area contributed by atoms with Crippen LogP contribution in [0, 0.1) is 11.3 Å². The second-order valence-corrected chi connectivity index (χ2v) is 7.74. The number of nitriles is 1. The molecule has 0 aliphatic rings. The number of allylic oxidation sites excluding steroid dienone is 1. The summed E-state index contributed by atoms with van der Waals surface area (Å²) in [6.07, 6.45) is 3.81. The van der Waals surface area contributed by atoms with Gasteiger partial charge in [0, 0.05) is 22.8 Å². The molecule has 0 spiro atoms. The molecule has 3 rings (SSSR count). The van der Waals surface area contributed by atoms with Crippen LogP contribution in [0.1, 0.15) is 31.7 Å². The maximum atomic E-state index is 9.63. The van der Waals surface area contributed by atoms with Gasteiger partial charge in [-0.05, 0) is 55.8 Å². The number of hydrogen-bond donors (Lipinski definition) is 1. The smallest absolute Gasteiger partial charge is 0.161 e. The normalized spacial score (nSPS) is 11.0. The van der Waals surface area contributed by atoms with E-state index in [1.54, 1.807) is 13.3 Å². The number of nitrogens with one attached hydrogen (secondary N) is 1. The fraction of sp³-hybridized carbons (Fsp3) is 0.280. The molecule has 0 amide bonds. The fourth-order valence-electron chi connectivity index (χ4n) is 2.91. The first kappa shape index (κ1) is 23.2. The van der Waals surface area contributed by atoms with Crippen molar-refractivity contribution in [3.63, 3.8) is 0 Å². The molecule has 0 fully saturated rings. The Bertz CT molecular complexity index is 1080. The molecule has 166 valence electrons. The summed E-state index contributed by atoms with van der Waals surface area (Å²) in [7, 11) is 1.61. The second-order valence-electron chi connectivity index (χ2n) is 6.88. The van der Waals surface area contributed by atoms with E-state index in [1.165, 1.54) is 11.3 Å². The zero-order valence-electron chi connectivity index (χ0n) is 18.6. The Morgan fingerprint density at radius 1 is 1.12 bits per heavy atom. The van der Waals surface area contributed by atoms with Crippen LogP contribution >= 0.6 is 11.3 Å². The molecule has 0 aliphatic carbocycles. The van der Waals surface area contributed by atoms with Crippen LogP contribution < -0.4 is 19.5 Å². The molecule has 0 saturated heterocycles. The SMILES string of the molecule is CCCCOc1ccc(NC=C(C#N)c2nc(-c3ccc(OCC)c(OC)c3)cs2)cc1. The van der Waals surface area contributed by atoms with Crippen LogP contribution in [0.15, 0.2) is 54.0 Å². The van der Waals surface area contributed by atoms with E-state index in [0.717, 1.165) is 35.5 Å². The molecule has 0 atom stereocenters. The van der Waals surface area contributed by atoms with Gasteiger partial charge in [-0.2, -0.15) is 5.26 Å². The van der Waals surface area contributed by atoms with Crippen LogP contribution in [-0.2, 0) is 0 Å². The fourth-order valence-corrected chi connectivity index (χ4v) is 3.71. The number of aromatic nitrogens is 1. The third-order valence-corrected chi connectivity index (χ3v) is 5.49. The number of benzene rings is 2. The Kier molecular flexibility index (Phi) is 8.52. The molecular weight excluding hydrogens is 422 g/mol. The highest BCUT2D eigenvalue weighted by Crippen LogP contribution is 2.34. The number of anilines is 1. The average molecular weight is 450 g/mol. The van der Waals surface area contributed by atoms with Crippen LogP contribution in [0.2, 0.25) is 0 Å². The molecular formula is C25H27N3O3S. The average Bonchev–Trinajstić information content (AvgIpc) is 3.31. The summed E-state index contributed by atoms with van der Waals surface area (Å²) >= 11 is 1.42. The topological polar surface area (TPSA) is 76.4 Å². The number of rotatable bonds is 11. The number of unbranched alkanes of at least 4 members (excludes halogenated alkanes) is 1. The van der Waals surface area contributed by atoms with E-state index < -0.39 is 0 Å². The highest BCUT2D eigenvalue weighted by atomic mass is 32.1. The van der Waals surface area contributed by atoms with Gasteiger partial charge >= 0.3 is 0 Å². The van der Waals surface area contributed by atoms with E-state index in [1.807, 2.05) is 54.8 Å². The van der Waals surface area contributed by atoms with Gasteiger partial charge in [-0.1, -0.05) is 13.3 Å². The van der Waals surface area contributed by atoms with Crippen molar-refractivity contribution in [3.8, 4) is 34.6 Å². The maximum absolute atomic E-state index is 9.63. The molecule has 0 saturated carbocycles. The Morgan fingerprint density at radius 2 is 1.94 bits per heavy atom. The molecule has 3 aromatic rings. The van der Waals surface area contributed by atoms with E-state index in [9.17, 15) is 5.26 Å². The number of nitrogens with zero attached hydrogens (tertiary/aromatic N) is 2. The largest absolute Gasteiger partial charge is 0.494 e. The first-order chi connectivity index (χ1) is 15.7. The molecule has 0 bridgehead atoms. The van der Waals surface area contributed by atoms with Crippen LogP contribution in [0.5, 0.6) is 17.2 Å². The monoisotopic (exact) mass is 449 g/mol. The summed E-state index contributed by atoms with van der Waals surface area (Å²) in [5, 5.41) is 15.4. The lowest BCUT2D eigenvalue weighted by atomic mass is 10.1. The Balaban J connectivity index is 1.71. The predicted molar refractivity (Wildman–Crippen MR) is 129 cm³/mol.